The number of hydrogen-bond acceptors (Lipinski definition) is 3. The van der Waals surface area contributed by atoms with Gasteiger partial charge < -0.3 is 10.1 Å². The van der Waals surface area contributed by atoms with Crippen LogP contribution in [-0.4, -0.2) is 19.1 Å². The Kier molecular flexibility index (Phi) is 4.17. The first-order valence-electron chi connectivity index (χ1n) is 6.40. The van der Waals surface area contributed by atoms with E-state index in [9.17, 15) is 0 Å². The molecule has 1 N–H and O–H groups in total. The normalized spacial score (nSPS) is 12.2. The Labute approximate surface area is 114 Å². The van der Waals surface area contributed by atoms with E-state index >= 15 is 0 Å². The highest BCUT2D eigenvalue weighted by Crippen LogP contribution is 2.25. The van der Waals surface area contributed by atoms with Gasteiger partial charge in [-0.2, -0.15) is 0 Å². The minimum Gasteiger partial charge on any atom is -0.497 e. The third-order valence-electron chi connectivity index (χ3n) is 3.24. The Balaban J connectivity index is 2.43. The van der Waals surface area contributed by atoms with Crippen LogP contribution in [0.3, 0.4) is 0 Å². The number of methoxy groups -OCH3 is 1. The molecule has 0 aliphatic rings. The third kappa shape index (κ3) is 2.93. The summed E-state index contributed by atoms with van der Waals surface area (Å²) >= 11 is 0. The maximum Gasteiger partial charge on any atom is 0.119 e. The first-order valence-corrected chi connectivity index (χ1v) is 6.40. The molecule has 0 fully saturated rings. The van der Waals surface area contributed by atoms with Crippen LogP contribution in [0.25, 0.3) is 0 Å². The molecule has 1 atom stereocenters. The molecule has 3 nitrogen and oxygen atoms in total. The van der Waals surface area contributed by atoms with Gasteiger partial charge in [-0.05, 0) is 49.7 Å². The van der Waals surface area contributed by atoms with Crippen LogP contribution in [0.5, 0.6) is 5.75 Å². The highest BCUT2D eigenvalue weighted by Gasteiger charge is 2.16. The number of ether oxygens (including phenoxy) is 1. The molecule has 0 saturated heterocycles. The van der Waals surface area contributed by atoms with Gasteiger partial charge in [-0.25, -0.2) is 0 Å². The van der Waals surface area contributed by atoms with Gasteiger partial charge in [0, 0.05) is 6.20 Å². The average Bonchev–Trinajstić information content (AvgIpc) is 2.42. The maximum atomic E-state index is 5.29. The van der Waals surface area contributed by atoms with E-state index in [1.165, 1.54) is 11.1 Å². The predicted molar refractivity (Wildman–Crippen MR) is 77.6 cm³/mol. The standard InChI is InChI=1S/C16H20N2O/c1-11-8-12(2)15(18-10-11)16(17-3)13-6-5-7-14(9-13)19-4/h5-10,16-17H,1-4H3. The summed E-state index contributed by atoms with van der Waals surface area (Å²) in [7, 11) is 3.63. The molecule has 2 aromatic rings. The quantitative estimate of drug-likeness (QED) is 0.913. The Bertz CT molecular complexity index is 566. The molecular formula is C16H20N2O. The number of hydrogen-bond donors (Lipinski definition) is 1. The van der Waals surface area contributed by atoms with Crippen molar-refractivity contribution in [1.29, 1.82) is 0 Å². The van der Waals surface area contributed by atoms with Crippen LogP contribution in [0, 0.1) is 13.8 Å². The van der Waals surface area contributed by atoms with E-state index in [2.05, 4.69) is 36.3 Å². The third-order valence-corrected chi connectivity index (χ3v) is 3.24. The molecule has 1 heterocycles. The van der Waals surface area contributed by atoms with Crippen LogP contribution in [0.2, 0.25) is 0 Å². The molecular weight excluding hydrogens is 236 g/mol. The summed E-state index contributed by atoms with van der Waals surface area (Å²) in [6.07, 6.45) is 1.91. The summed E-state index contributed by atoms with van der Waals surface area (Å²) in [6.45, 7) is 4.16. The smallest absolute Gasteiger partial charge is 0.119 e. The zero-order valence-corrected chi connectivity index (χ0v) is 11.9. The molecule has 0 spiro atoms. The van der Waals surface area contributed by atoms with Crippen LogP contribution in [-0.2, 0) is 0 Å². The minimum atomic E-state index is 0.0794. The fourth-order valence-electron chi connectivity index (χ4n) is 2.31. The molecule has 0 bridgehead atoms. The molecule has 2 rings (SSSR count). The number of nitrogens with zero attached hydrogens (tertiary/aromatic N) is 1. The number of rotatable bonds is 4. The summed E-state index contributed by atoms with van der Waals surface area (Å²) in [4.78, 5) is 4.58. The highest BCUT2D eigenvalue weighted by atomic mass is 16.5. The van der Waals surface area contributed by atoms with Crippen molar-refractivity contribution in [3.63, 3.8) is 0 Å². The molecule has 19 heavy (non-hydrogen) atoms. The first kappa shape index (κ1) is 13.6. The predicted octanol–water partition coefficient (Wildman–Crippen LogP) is 3.02. The van der Waals surface area contributed by atoms with Crippen molar-refractivity contribution in [2.75, 3.05) is 14.2 Å². The lowest BCUT2D eigenvalue weighted by Gasteiger charge is -2.19. The van der Waals surface area contributed by atoms with Crippen molar-refractivity contribution in [2.24, 2.45) is 0 Å². The molecule has 0 aliphatic heterocycles. The van der Waals surface area contributed by atoms with Crippen LogP contribution < -0.4 is 10.1 Å². The van der Waals surface area contributed by atoms with Crippen molar-refractivity contribution in [1.82, 2.24) is 10.3 Å². The topological polar surface area (TPSA) is 34.1 Å². The van der Waals surface area contributed by atoms with Crippen LogP contribution in [0.1, 0.15) is 28.4 Å². The van der Waals surface area contributed by atoms with E-state index in [4.69, 9.17) is 4.74 Å². The zero-order valence-electron chi connectivity index (χ0n) is 11.9. The fraction of sp³-hybridized carbons (Fsp3) is 0.312. The highest BCUT2D eigenvalue weighted by molar-refractivity contribution is 5.37. The molecule has 1 aromatic heterocycles. The van der Waals surface area contributed by atoms with Gasteiger partial charge in [-0.15, -0.1) is 0 Å². The second-order valence-corrected chi connectivity index (χ2v) is 4.71. The van der Waals surface area contributed by atoms with Crippen molar-refractivity contribution >= 4 is 0 Å². The second-order valence-electron chi connectivity index (χ2n) is 4.71. The van der Waals surface area contributed by atoms with Crippen LogP contribution in [0.4, 0.5) is 0 Å². The van der Waals surface area contributed by atoms with Gasteiger partial charge in [0.05, 0.1) is 18.8 Å². The molecule has 1 aromatic carbocycles. The number of pyridine rings is 1. The van der Waals surface area contributed by atoms with E-state index in [1.54, 1.807) is 7.11 Å². The molecule has 0 amide bonds. The first-order chi connectivity index (χ1) is 9.15. The van der Waals surface area contributed by atoms with Gasteiger partial charge in [0.2, 0.25) is 0 Å². The van der Waals surface area contributed by atoms with E-state index < -0.39 is 0 Å². The van der Waals surface area contributed by atoms with Gasteiger partial charge >= 0.3 is 0 Å². The average molecular weight is 256 g/mol. The second kappa shape index (κ2) is 5.85. The summed E-state index contributed by atoms with van der Waals surface area (Å²) in [5.74, 6) is 0.863. The molecule has 0 radical (unpaired) electrons. The van der Waals surface area contributed by atoms with E-state index in [-0.39, 0.29) is 6.04 Å². The number of nitrogens with one attached hydrogen (secondary N) is 1. The number of aryl methyl sites for hydroxylation is 2. The van der Waals surface area contributed by atoms with E-state index in [1.807, 2.05) is 31.4 Å². The van der Waals surface area contributed by atoms with E-state index in [0.717, 1.165) is 17.0 Å². The Morgan fingerprint density at radius 1 is 1.21 bits per heavy atom. The van der Waals surface area contributed by atoms with Gasteiger partial charge in [-0.1, -0.05) is 18.2 Å². The monoisotopic (exact) mass is 256 g/mol. The summed E-state index contributed by atoms with van der Waals surface area (Å²) in [5.41, 5.74) is 4.59. The maximum absolute atomic E-state index is 5.29. The minimum absolute atomic E-state index is 0.0794. The fourth-order valence-corrected chi connectivity index (χ4v) is 2.31. The summed E-state index contributed by atoms with van der Waals surface area (Å²) in [6, 6.07) is 10.3. The van der Waals surface area contributed by atoms with Gasteiger partial charge in [0.15, 0.2) is 0 Å². The lowest BCUT2D eigenvalue weighted by molar-refractivity contribution is 0.413. The van der Waals surface area contributed by atoms with Crippen LogP contribution >= 0.6 is 0 Å². The summed E-state index contributed by atoms with van der Waals surface area (Å²) in [5, 5.41) is 3.33. The van der Waals surface area contributed by atoms with Crippen molar-refractivity contribution in [3.05, 3.63) is 58.9 Å². The Hall–Kier alpha value is -1.87. The molecule has 1 unspecified atom stereocenters. The Morgan fingerprint density at radius 2 is 2.00 bits per heavy atom. The molecule has 100 valence electrons. The zero-order chi connectivity index (χ0) is 13.8. The van der Waals surface area contributed by atoms with Crippen LogP contribution in [0.15, 0.2) is 36.5 Å². The van der Waals surface area contributed by atoms with Gasteiger partial charge in [-0.3, -0.25) is 4.98 Å². The Morgan fingerprint density at radius 3 is 2.63 bits per heavy atom. The molecule has 0 aliphatic carbocycles. The SMILES string of the molecule is CNC(c1cccc(OC)c1)c1ncc(C)cc1C. The van der Waals surface area contributed by atoms with Crippen molar-refractivity contribution in [2.45, 2.75) is 19.9 Å². The van der Waals surface area contributed by atoms with E-state index in [0.29, 0.717) is 0 Å². The van der Waals surface area contributed by atoms with Gasteiger partial charge in [0.1, 0.15) is 5.75 Å². The largest absolute Gasteiger partial charge is 0.497 e. The molecule has 3 heteroatoms. The molecule has 0 saturated carbocycles. The lowest BCUT2D eigenvalue weighted by atomic mass is 9.99. The number of benzene rings is 1. The van der Waals surface area contributed by atoms with Gasteiger partial charge in [0.25, 0.3) is 0 Å². The van der Waals surface area contributed by atoms with Crippen molar-refractivity contribution < 1.29 is 4.74 Å². The van der Waals surface area contributed by atoms with Crippen molar-refractivity contribution in [3.8, 4) is 5.75 Å². The number of aromatic nitrogens is 1. The summed E-state index contributed by atoms with van der Waals surface area (Å²) < 4.78 is 5.29. The lowest BCUT2D eigenvalue weighted by Crippen LogP contribution is -2.20.